The molecule has 0 radical (unpaired) electrons. The number of rotatable bonds is 6. The first kappa shape index (κ1) is 21.5. The van der Waals surface area contributed by atoms with Crippen molar-refractivity contribution in [3.05, 3.63) is 52.4 Å². The van der Waals surface area contributed by atoms with Gasteiger partial charge in [-0.05, 0) is 50.1 Å². The van der Waals surface area contributed by atoms with E-state index in [9.17, 15) is 4.79 Å². The second-order valence-electron chi connectivity index (χ2n) is 7.59. The summed E-state index contributed by atoms with van der Waals surface area (Å²) in [5.74, 6) is 1.60. The Morgan fingerprint density at radius 3 is 2.70 bits per heavy atom. The van der Waals surface area contributed by atoms with Crippen molar-refractivity contribution in [3.8, 4) is 34.2 Å². The Labute approximate surface area is 198 Å². The fourth-order valence-corrected chi connectivity index (χ4v) is 5.01. The van der Waals surface area contributed by atoms with Crippen LogP contribution in [-0.4, -0.2) is 33.6 Å². The molecule has 0 spiro atoms. The maximum absolute atomic E-state index is 12.4. The van der Waals surface area contributed by atoms with E-state index in [2.05, 4.69) is 53.4 Å². The quantitative estimate of drug-likeness (QED) is 0.374. The van der Waals surface area contributed by atoms with Gasteiger partial charge in [-0.1, -0.05) is 29.5 Å². The van der Waals surface area contributed by atoms with Gasteiger partial charge in [0, 0.05) is 16.5 Å². The van der Waals surface area contributed by atoms with Crippen LogP contribution in [0.15, 0.2) is 45.4 Å². The lowest BCUT2D eigenvalue weighted by atomic mass is 9.98. The van der Waals surface area contributed by atoms with Crippen molar-refractivity contribution in [2.45, 2.75) is 26.0 Å². The molecule has 0 saturated carbocycles. The minimum Gasteiger partial charge on any atom is -0.454 e. The van der Waals surface area contributed by atoms with Crippen molar-refractivity contribution in [3.63, 3.8) is 0 Å². The summed E-state index contributed by atoms with van der Waals surface area (Å²) in [7, 11) is 0. The van der Waals surface area contributed by atoms with Crippen LogP contribution in [0.5, 0.6) is 11.5 Å². The molecule has 1 N–H and O–H groups in total. The first-order chi connectivity index (χ1) is 16.0. The summed E-state index contributed by atoms with van der Waals surface area (Å²) in [5.41, 5.74) is 6.25. The summed E-state index contributed by atoms with van der Waals surface area (Å²) < 4.78 is 16.4. The lowest BCUT2D eigenvalue weighted by Crippen LogP contribution is -2.13. The van der Waals surface area contributed by atoms with Crippen molar-refractivity contribution < 1.29 is 18.7 Å². The molecule has 8 nitrogen and oxygen atoms in total. The highest BCUT2D eigenvalue weighted by Gasteiger charge is 2.18. The molecule has 1 aliphatic heterocycles. The first-order valence-electron chi connectivity index (χ1n) is 10.2. The molecule has 0 fully saturated rings. The Balaban J connectivity index is 1.20. The molecule has 168 valence electrons. The lowest BCUT2D eigenvalue weighted by Gasteiger charge is -2.08. The molecule has 4 aromatic rings. The summed E-state index contributed by atoms with van der Waals surface area (Å²) in [6.45, 7) is 6.43. The van der Waals surface area contributed by atoms with Crippen molar-refractivity contribution in [2.24, 2.45) is 0 Å². The van der Waals surface area contributed by atoms with Crippen LogP contribution in [0.1, 0.15) is 16.7 Å². The lowest BCUT2D eigenvalue weighted by molar-refractivity contribution is -0.113. The van der Waals surface area contributed by atoms with Gasteiger partial charge in [-0.25, -0.2) is 4.98 Å². The number of carbonyl (C=O) groups is 1. The number of hydrogen-bond acceptors (Lipinski definition) is 9. The number of amides is 1. The fourth-order valence-electron chi connectivity index (χ4n) is 3.73. The van der Waals surface area contributed by atoms with E-state index in [-0.39, 0.29) is 18.5 Å². The average molecular weight is 481 g/mol. The number of benzene rings is 2. The number of nitrogens with one attached hydrogen (secondary N) is 1. The molecule has 3 heterocycles. The van der Waals surface area contributed by atoms with Gasteiger partial charge < -0.3 is 19.2 Å². The summed E-state index contributed by atoms with van der Waals surface area (Å²) >= 11 is 2.57. The molecular weight excluding hydrogens is 460 g/mol. The van der Waals surface area contributed by atoms with E-state index >= 15 is 0 Å². The van der Waals surface area contributed by atoms with Crippen LogP contribution < -0.4 is 14.8 Å². The number of nitrogens with zero attached hydrogens (tertiary/aromatic N) is 3. The summed E-state index contributed by atoms with van der Waals surface area (Å²) in [6, 6.07) is 9.68. The van der Waals surface area contributed by atoms with Gasteiger partial charge in [0.1, 0.15) is 0 Å². The minimum atomic E-state index is -0.193. The Morgan fingerprint density at radius 2 is 1.88 bits per heavy atom. The molecule has 0 bridgehead atoms. The highest BCUT2D eigenvalue weighted by atomic mass is 32.2. The van der Waals surface area contributed by atoms with E-state index in [1.54, 1.807) is 12.1 Å². The molecule has 1 amide bonds. The van der Waals surface area contributed by atoms with Crippen molar-refractivity contribution >= 4 is 34.1 Å². The number of aromatic nitrogens is 3. The second-order valence-corrected chi connectivity index (χ2v) is 9.37. The summed E-state index contributed by atoms with van der Waals surface area (Å²) in [6.07, 6.45) is 0. The number of thiazole rings is 1. The van der Waals surface area contributed by atoms with Gasteiger partial charge >= 0.3 is 0 Å². The van der Waals surface area contributed by atoms with E-state index in [4.69, 9.17) is 13.9 Å². The van der Waals surface area contributed by atoms with Crippen LogP contribution in [0.3, 0.4) is 0 Å². The molecule has 2 aromatic heterocycles. The molecule has 0 saturated heterocycles. The van der Waals surface area contributed by atoms with Gasteiger partial charge in [0.15, 0.2) is 16.6 Å². The summed E-state index contributed by atoms with van der Waals surface area (Å²) in [5, 5.41) is 13.7. The Bertz CT molecular complexity index is 1320. The average Bonchev–Trinajstić information content (AvgIpc) is 3.52. The van der Waals surface area contributed by atoms with Crippen LogP contribution in [0.25, 0.3) is 22.7 Å². The number of aryl methyl sites for hydroxylation is 3. The summed E-state index contributed by atoms with van der Waals surface area (Å²) in [4.78, 5) is 17.0. The van der Waals surface area contributed by atoms with Crippen molar-refractivity contribution in [1.82, 2.24) is 15.2 Å². The zero-order valence-electron chi connectivity index (χ0n) is 18.2. The zero-order chi connectivity index (χ0) is 22.9. The van der Waals surface area contributed by atoms with Crippen LogP contribution in [-0.2, 0) is 4.79 Å². The smallest absolute Gasteiger partial charge is 0.277 e. The van der Waals surface area contributed by atoms with E-state index in [0.717, 1.165) is 16.8 Å². The molecule has 1 aliphatic rings. The molecule has 0 atom stereocenters. The molecule has 2 aromatic carbocycles. The number of ether oxygens (including phenoxy) is 2. The molecule has 0 aliphatic carbocycles. The van der Waals surface area contributed by atoms with Crippen LogP contribution in [0, 0.1) is 20.8 Å². The molecule has 10 heteroatoms. The number of hydrogen-bond donors (Lipinski definition) is 1. The van der Waals surface area contributed by atoms with Gasteiger partial charge in [0.2, 0.25) is 18.6 Å². The topological polar surface area (TPSA) is 99.4 Å². The van der Waals surface area contributed by atoms with Gasteiger partial charge in [-0.2, -0.15) is 0 Å². The number of carbonyl (C=O) groups excluding carboxylic acids is 1. The van der Waals surface area contributed by atoms with Crippen LogP contribution in [0.4, 0.5) is 5.13 Å². The van der Waals surface area contributed by atoms with Crippen molar-refractivity contribution in [1.29, 1.82) is 0 Å². The third-order valence-electron chi connectivity index (χ3n) is 5.04. The van der Waals surface area contributed by atoms with Crippen molar-refractivity contribution in [2.75, 3.05) is 17.9 Å². The predicted octanol–water partition coefficient (Wildman–Crippen LogP) is 5.24. The number of fused-ring (bicyclic) bond motifs is 1. The number of thioether (sulfide) groups is 1. The Hall–Kier alpha value is -3.37. The molecular formula is C23H20N4O4S2. The molecule has 33 heavy (non-hydrogen) atoms. The van der Waals surface area contributed by atoms with Gasteiger partial charge in [0.25, 0.3) is 5.22 Å². The third kappa shape index (κ3) is 4.57. The molecule has 5 rings (SSSR count). The highest BCUT2D eigenvalue weighted by molar-refractivity contribution is 7.99. The zero-order valence-corrected chi connectivity index (χ0v) is 19.8. The van der Waals surface area contributed by atoms with Gasteiger partial charge in [0.05, 0.1) is 11.4 Å². The maximum atomic E-state index is 12.4. The van der Waals surface area contributed by atoms with Crippen LogP contribution in [0.2, 0.25) is 0 Å². The van der Waals surface area contributed by atoms with Gasteiger partial charge in [-0.3, -0.25) is 4.79 Å². The predicted molar refractivity (Wildman–Crippen MR) is 127 cm³/mol. The van der Waals surface area contributed by atoms with E-state index < -0.39 is 0 Å². The normalized spacial score (nSPS) is 12.2. The number of anilines is 1. The first-order valence-corrected chi connectivity index (χ1v) is 12.0. The third-order valence-corrected chi connectivity index (χ3v) is 6.61. The minimum absolute atomic E-state index is 0.125. The molecule has 0 unspecified atom stereocenters. The Morgan fingerprint density at radius 1 is 1.09 bits per heavy atom. The van der Waals surface area contributed by atoms with Crippen LogP contribution >= 0.6 is 23.1 Å². The highest BCUT2D eigenvalue weighted by Crippen LogP contribution is 2.36. The van der Waals surface area contributed by atoms with E-state index in [0.29, 0.717) is 27.7 Å². The maximum Gasteiger partial charge on any atom is 0.277 e. The largest absolute Gasteiger partial charge is 0.454 e. The van der Waals surface area contributed by atoms with Gasteiger partial charge in [-0.15, -0.1) is 21.5 Å². The monoisotopic (exact) mass is 480 g/mol. The standard InChI is InChI=1S/C23H20N4O4S2/c1-12-6-13(2)20(14(3)7-12)16-9-32-22(24-16)25-19(28)10-33-23-27-26-21(31-23)15-4-5-17-18(8-15)30-11-29-17/h4-9H,10-11H2,1-3H3,(H,24,25,28). The SMILES string of the molecule is Cc1cc(C)c(-c2csc(NC(=O)CSc3nnc(-c4ccc5c(c4)OCO5)o3)n2)c(C)c1. The Kier molecular flexibility index (Phi) is 5.77. The fraction of sp³-hybridized carbons (Fsp3) is 0.217. The second kappa shape index (κ2) is 8.87. The van der Waals surface area contributed by atoms with E-state index in [1.807, 2.05) is 11.4 Å². The van der Waals surface area contributed by atoms with E-state index in [1.165, 1.54) is 39.8 Å².